The molecule has 0 atom stereocenters. The quantitative estimate of drug-likeness (QED) is 0.646. The Morgan fingerprint density at radius 1 is 1.32 bits per heavy atom. The van der Waals surface area contributed by atoms with E-state index in [2.05, 4.69) is 21.2 Å². The van der Waals surface area contributed by atoms with Crippen molar-refractivity contribution in [3.63, 3.8) is 0 Å². The van der Waals surface area contributed by atoms with Crippen molar-refractivity contribution in [1.29, 1.82) is 0 Å². The van der Waals surface area contributed by atoms with Crippen LogP contribution in [0.4, 0.5) is 15.8 Å². The molecule has 0 radical (unpaired) electrons. The van der Waals surface area contributed by atoms with E-state index in [0.717, 1.165) is 0 Å². The van der Waals surface area contributed by atoms with Crippen LogP contribution in [0.1, 0.15) is 0 Å². The molecule has 0 aromatic heterocycles. The van der Waals surface area contributed by atoms with Gasteiger partial charge in [-0.15, -0.1) is 0 Å². The first kappa shape index (κ1) is 15.9. The SMILES string of the molecule is O=C(COc1ccc(F)cc1Br)Nc1cccc([N+](=O)[O-])c1. The summed E-state index contributed by atoms with van der Waals surface area (Å²) in [5.41, 5.74) is 0.168. The molecule has 0 saturated heterocycles. The largest absolute Gasteiger partial charge is 0.483 e. The Balaban J connectivity index is 1.95. The van der Waals surface area contributed by atoms with Crippen LogP contribution in [-0.2, 0) is 4.79 Å². The highest BCUT2D eigenvalue weighted by atomic mass is 79.9. The van der Waals surface area contributed by atoms with E-state index in [-0.39, 0.29) is 12.3 Å². The van der Waals surface area contributed by atoms with Crippen molar-refractivity contribution in [3.05, 3.63) is 62.9 Å². The molecule has 0 aliphatic rings. The number of halogens is 2. The number of nitro benzene ring substituents is 1. The number of nitro groups is 1. The number of rotatable bonds is 5. The van der Waals surface area contributed by atoms with Crippen LogP contribution in [-0.4, -0.2) is 17.4 Å². The summed E-state index contributed by atoms with van der Waals surface area (Å²) in [4.78, 5) is 21.8. The number of hydrogen-bond donors (Lipinski definition) is 1. The highest BCUT2D eigenvalue weighted by Gasteiger charge is 2.10. The Hall–Kier alpha value is -2.48. The first-order chi connectivity index (χ1) is 10.5. The number of carbonyl (C=O) groups is 1. The fourth-order valence-corrected chi connectivity index (χ4v) is 2.10. The number of amides is 1. The van der Waals surface area contributed by atoms with Gasteiger partial charge in [-0.05, 0) is 40.2 Å². The van der Waals surface area contributed by atoms with Crippen molar-refractivity contribution < 1.29 is 18.8 Å². The van der Waals surface area contributed by atoms with Gasteiger partial charge < -0.3 is 10.1 Å². The monoisotopic (exact) mass is 368 g/mol. The van der Waals surface area contributed by atoms with Gasteiger partial charge in [-0.3, -0.25) is 14.9 Å². The summed E-state index contributed by atoms with van der Waals surface area (Å²) in [6, 6.07) is 9.36. The molecule has 0 fully saturated rings. The average Bonchev–Trinajstić information content (AvgIpc) is 2.46. The summed E-state index contributed by atoms with van der Waals surface area (Å²) in [7, 11) is 0. The second-order valence-electron chi connectivity index (χ2n) is 4.22. The van der Waals surface area contributed by atoms with Crippen molar-refractivity contribution in [2.45, 2.75) is 0 Å². The molecule has 1 N–H and O–H groups in total. The number of anilines is 1. The Kier molecular flexibility index (Phi) is 5.05. The summed E-state index contributed by atoms with van der Waals surface area (Å²) < 4.78 is 18.5. The van der Waals surface area contributed by atoms with E-state index < -0.39 is 16.6 Å². The number of hydrogen-bond acceptors (Lipinski definition) is 4. The predicted octanol–water partition coefficient (Wildman–Crippen LogP) is 3.51. The highest BCUT2D eigenvalue weighted by molar-refractivity contribution is 9.10. The number of benzene rings is 2. The minimum atomic E-state index is -0.554. The molecule has 0 spiro atoms. The van der Waals surface area contributed by atoms with E-state index in [9.17, 15) is 19.3 Å². The van der Waals surface area contributed by atoms with E-state index in [0.29, 0.717) is 15.9 Å². The summed E-state index contributed by atoms with van der Waals surface area (Å²) in [5.74, 6) is -0.604. The number of non-ortho nitro benzene ring substituents is 1. The lowest BCUT2D eigenvalue weighted by Gasteiger charge is -2.09. The van der Waals surface area contributed by atoms with Crippen LogP contribution in [0.3, 0.4) is 0 Å². The van der Waals surface area contributed by atoms with Crippen LogP contribution < -0.4 is 10.1 Å². The van der Waals surface area contributed by atoms with E-state index in [4.69, 9.17) is 4.74 Å². The molecule has 6 nitrogen and oxygen atoms in total. The summed E-state index contributed by atoms with van der Waals surface area (Å²) >= 11 is 3.12. The zero-order chi connectivity index (χ0) is 16.1. The molecule has 114 valence electrons. The minimum absolute atomic E-state index is 0.125. The van der Waals surface area contributed by atoms with Gasteiger partial charge in [-0.1, -0.05) is 6.07 Å². The second kappa shape index (κ2) is 6.99. The predicted molar refractivity (Wildman–Crippen MR) is 81.3 cm³/mol. The van der Waals surface area contributed by atoms with Gasteiger partial charge in [0.1, 0.15) is 11.6 Å². The smallest absolute Gasteiger partial charge is 0.271 e. The molecule has 0 aliphatic carbocycles. The topological polar surface area (TPSA) is 81.5 Å². The van der Waals surface area contributed by atoms with Gasteiger partial charge >= 0.3 is 0 Å². The Labute approximate surface area is 133 Å². The van der Waals surface area contributed by atoms with Crippen LogP contribution in [0.5, 0.6) is 5.75 Å². The van der Waals surface area contributed by atoms with Crippen molar-refractivity contribution >= 4 is 33.2 Å². The van der Waals surface area contributed by atoms with Crippen LogP contribution in [0.15, 0.2) is 46.9 Å². The first-order valence-electron chi connectivity index (χ1n) is 6.08. The maximum absolute atomic E-state index is 12.9. The normalized spacial score (nSPS) is 10.1. The minimum Gasteiger partial charge on any atom is -0.483 e. The Morgan fingerprint density at radius 2 is 2.09 bits per heavy atom. The van der Waals surface area contributed by atoms with Gasteiger partial charge in [0, 0.05) is 17.8 Å². The third-order valence-corrected chi connectivity index (χ3v) is 3.21. The standard InChI is InChI=1S/C14H10BrFN2O4/c15-12-6-9(16)4-5-13(12)22-8-14(19)17-10-2-1-3-11(7-10)18(20)21/h1-7H,8H2,(H,17,19). The molecule has 2 rings (SSSR count). The molecular formula is C14H10BrFN2O4. The zero-order valence-corrected chi connectivity index (χ0v) is 12.7. The number of carbonyl (C=O) groups excluding carboxylic acids is 1. The lowest BCUT2D eigenvalue weighted by molar-refractivity contribution is -0.384. The van der Waals surface area contributed by atoms with Gasteiger partial charge in [0.2, 0.25) is 0 Å². The van der Waals surface area contributed by atoms with E-state index >= 15 is 0 Å². The summed E-state index contributed by atoms with van der Waals surface area (Å²) in [5, 5.41) is 13.1. The van der Waals surface area contributed by atoms with E-state index in [1.54, 1.807) is 0 Å². The van der Waals surface area contributed by atoms with Crippen LogP contribution in [0.25, 0.3) is 0 Å². The van der Waals surface area contributed by atoms with Crippen LogP contribution in [0.2, 0.25) is 0 Å². The molecule has 0 bridgehead atoms. The third-order valence-electron chi connectivity index (χ3n) is 2.59. The van der Waals surface area contributed by atoms with Gasteiger partial charge in [-0.25, -0.2) is 4.39 Å². The fraction of sp³-hybridized carbons (Fsp3) is 0.0714. The van der Waals surface area contributed by atoms with Crippen LogP contribution >= 0.6 is 15.9 Å². The van der Waals surface area contributed by atoms with Crippen molar-refractivity contribution in [2.24, 2.45) is 0 Å². The molecule has 0 heterocycles. The molecule has 8 heteroatoms. The first-order valence-corrected chi connectivity index (χ1v) is 6.87. The molecule has 0 aliphatic heterocycles. The average molecular weight is 369 g/mol. The summed E-state index contributed by atoms with van der Waals surface area (Å²) in [6.45, 7) is -0.313. The maximum atomic E-state index is 12.9. The van der Waals surface area contributed by atoms with Crippen LogP contribution in [0, 0.1) is 15.9 Å². The molecule has 1 amide bonds. The Bertz CT molecular complexity index is 724. The van der Waals surface area contributed by atoms with Crippen molar-refractivity contribution in [3.8, 4) is 5.75 Å². The third kappa shape index (κ3) is 4.26. The highest BCUT2D eigenvalue weighted by Crippen LogP contribution is 2.25. The molecule has 0 saturated carbocycles. The van der Waals surface area contributed by atoms with Crippen molar-refractivity contribution in [1.82, 2.24) is 0 Å². The second-order valence-corrected chi connectivity index (χ2v) is 5.07. The van der Waals surface area contributed by atoms with Gasteiger partial charge in [0.05, 0.1) is 9.40 Å². The molecule has 22 heavy (non-hydrogen) atoms. The molecule has 2 aromatic carbocycles. The van der Waals surface area contributed by atoms with E-state index in [1.165, 1.54) is 42.5 Å². The lowest BCUT2D eigenvalue weighted by Crippen LogP contribution is -2.20. The maximum Gasteiger partial charge on any atom is 0.271 e. The molecular weight excluding hydrogens is 359 g/mol. The number of nitrogens with one attached hydrogen (secondary N) is 1. The summed E-state index contributed by atoms with van der Waals surface area (Å²) in [6.07, 6.45) is 0. The number of nitrogens with zero attached hydrogens (tertiary/aromatic N) is 1. The lowest BCUT2D eigenvalue weighted by atomic mass is 10.3. The molecule has 0 unspecified atom stereocenters. The zero-order valence-electron chi connectivity index (χ0n) is 11.1. The van der Waals surface area contributed by atoms with Gasteiger partial charge in [0.25, 0.3) is 11.6 Å². The number of ether oxygens (including phenoxy) is 1. The fourth-order valence-electron chi connectivity index (χ4n) is 1.63. The van der Waals surface area contributed by atoms with Gasteiger partial charge in [0.15, 0.2) is 6.61 Å². The van der Waals surface area contributed by atoms with Gasteiger partial charge in [-0.2, -0.15) is 0 Å². The Morgan fingerprint density at radius 3 is 2.77 bits per heavy atom. The van der Waals surface area contributed by atoms with E-state index in [1.807, 2.05) is 0 Å². The molecule has 2 aromatic rings. The van der Waals surface area contributed by atoms with Crippen molar-refractivity contribution in [2.75, 3.05) is 11.9 Å².